The van der Waals surface area contributed by atoms with Gasteiger partial charge in [0.15, 0.2) is 25.3 Å². The largest absolute Gasteiger partial charge is 0.544 e. The maximum absolute atomic E-state index is 13.5. The number of amides is 1. The van der Waals surface area contributed by atoms with Crippen LogP contribution in [0.5, 0.6) is 5.75 Å². The number of fused-ring (bicyclic) bond motifs is 1. The van der Waals surface area contributed by atoms with Crippen LogP contribution in [0.2, 0.25) is 31.2 Å². The average molecular weight is 722 g/mol. The first-order chi connectivity index (χ1) is 23.7. The highest BCUT2D eigenvalue weighted by Gasteiger charge is 2.39. The molecule has 0 spiro atoms. The quantitative estimate of drug-likeness (QED) is 0.0972. The number of anilines is 1. The Kier molecular flexibility index (Phi) is 11.6. The van der Waals surface area contributed by atoms with Crippen LogP contribution in [-0.4, -0.2) is 50.0 Å². The molecule has 0 unspecified atom stereocenters. The normalized spacial score (nSPS) is 13.4. The summed E-state index contributed by atoms with van der Waals surface area (Å²) in [4.78, 5) is 23.4. The molecular formula is C40H51N3O4Si3. The monoisotopic (exact) mass is 721 g/mol. The van der Waals surface area contributed by atoms with Crippen molar-refractivity contribution in [2.24, 2.45) is 0 Å². The molecule has 4 aromatic carbocycles. The summed E-state index contributed by atoms with van der Waals surface area (Å²) in [6, 6.07) is 30.6. The van der Waals surface area contributed by atoms with Gasteiger partial charge in [-0.1, -0.05) is 127 Å². The first-order valence-electron chi connectivity index (χ1n) is 17.5. The number of aromatic nitrogens is 2. The summed E-state index contributed by atoms with van der Waals surface area (Å²) >= 11 is 0. The molecule has 1 amide bonds. The Hall–Kier alpha value is -3.94. The maximum atomic E-state index is 13.5. The lowest BCUT2D eigenvalue weighted by Crippen LogP contribution is -2.43. The summed E-state index contributed by atoms with van der Waals surface area (Å²) in [5, 5.41) is 5.31. The molecule has 1 aromatic heterocycles. The fourth-order valence-corrected chi connectivity index (χ4v) is 8.55. The van der Waals surface area contributed by atoms with E-state index in [4.69, 9.17) is 23.2 Å². The van der Waals surface area contributed by atoms with Crippen molar-refractivity contribution in [3.8, 4) is 28.3 Å². The standard InChI is InChI=1S/C40H51N3O4Si3/c1-39(2,3)50(8,9)47-31-23-17-27(18-24-31)25-35(44)43-37-36(33-16-12-14-28-13-10-11-15-32(28)33)42-34(26-41-37)29-19-21-30(22-20-29)40(4,5)38(45-48-6)46-49-7/h10-24,26,38H,25,48-49H2,1-9H3,(H,41,43,44). The van der Waals surface area contributed by atoms with E-state index in [9.17, 15) is 4.79 Å². The highest BCUT2D eigenvalue weighted by molar-refractivity contribution is 6.74. The van der Waals surface area contributed by atoms with Crippen molar-refractivity contribution in [1.29, 1.82) is 0 Å². The number of rotatable bonds is 13. The predicted octanol–water partition coefficient (Wildman–Crippen LogP) is 8.43. The van der Waals surface area contributed by atoms with Crippen molar-refractivity contribution in [2.75, 3.05) is 5.32 Å². The Bertz CT molecular complexity index is 1910. The maximum Gasteiger partial charge on any atom is 0.250 e. The van der Waals surface area contributed by atoms with Crippen LogP contribution in [0.3, 0.4) is 0 Å². The molecule has 0 saturated heterocycles. The van der Waals surface area contributed by atoms with Gasteiger partial charge >= 0.3 is 0 Å². The summed E-state index contributed by atoms with van der Waals surface area (Å²) in [7, 11) is -3.22. The van der Waals surface area contributed by atoms with Crippen LogP contribution in [0.4, 0.5) is 5.82 Å². The molecule has 1 heterocycles. The van der Waals surface area contributed by atoms with Gasteiger partial charge in [-0.15, -0.1) is 0 Å². The van der Waals surface area contributed by atoms with Crippen molar-refractivity contribution in [3.05, 3.63) is 108 Å². The molecule has 0 aliphatic heterocycles. The molecule has 5 rings (SSSR count). The molecule has 50 heavy (non-hydrogen) atoms. The van der Waals surface area contributed by atoms with Gasteiger partial charge in [-0.3, -0.25) is 4.79 Å². The second-order valence-electron chi connectivity index (χ2n) is 14.8. The van der Waals surface area contributed by atoms with Gasteiger partial charge in [-0.25, -0.2) is 9.97 Å². The van der Waals surface area contributed by atoms with E-state index in [1.165, 1.54) is 0 Å². The fraction of sp³-hybridized carbons (Fsp3) is 0.325. The first kappa shape index (κ1) is 37.3. The Labute approximate surface area is 303 Å². The summed E-state index contributed by atoms with van der Waals surface area (Å²) in [5.41, 5.74) is 4.92. The van der Waals surface area contributed by atoms with Crippen LogP contribution in [0.15, 0.2) is 97.2 Å². The van der Waals surface area contributed by atoms with E-state index in [2.05, 4.69) is 109 Å². The topological polar surface area (TPSA) is 82.6 Å². The molecule has 0 saturated carbocycles. The molecule has 0 aliphatic carbocycles. The Morgan fingerprint density at radius 2 is 1.48 bits per heavy atom. The lowest BCUT2D eigenvalue weighted by atomic mass is 9.83. The van der Waals surface area contributed by atoms with Crippen LogP contribution < -0.4 is 9.74 Å². The van der Waals surface area contributed by atoms with Crippen LogP contribution in [0.25, 0.3) is 33.3 Å². The van der Waals surface area contributed by atoms with Crippen molar-refractivity contribution in [3.63, 3.8) is 0 Å². The molecule has 1 N–H and O–H groups in total. The van der Waals surface area contributed by atoms with Gasteiger partial charge in [-0.2, -0.15) is 0 Å². The number of hydrogen-bond acceptors (Lipinski definition) is 6. The van der Waals surface area contributed by atoms with Gasteiger partial charge < -0.3 is 18.6 Å². The van der Waals surface area contributed by atoms with E-state index in [-0.39, 0.29) is 29.1 Å². The molecule has 0 aliphatic rings. The number of carbonyl (C=O) groups is 1. The Morgan fingerprint density at radius 3 is 2.12 bits per heavy atom. The Balaban J connectivity index is 1.44. The molecule has 0 radical (unpaired) electrons. The zero-order chi connectivity index (χ0) is 36.1. The number of benzene rings is 4. The van der Waals surface area contributed by atoms with Gasteiger partial charge in [0.25, 0.3) is 0 Å². The molecule has 0 bridgehead atoms. The van der Waals surface area contributed by atoms with Gasteiger partial charge in [0, 0.05) is 16.5 Å². The lowest BCUT2D eigenvalue weighted by molar-refractivity contribution is -0.115. The third-order valence-corrected chi connectivity index (χ3v) is 15.3. The van der Waals surface area contributed by atoms with E-state index in [0.717, 1.165) is 44.5 Å². The zero-order valence-electron chi connectivity index (χ0n) is 31.0. The van der Waals surface area contributed by atoms with E-state index in [1.807, 2.05) is 48.5 Å². The van der Waals surface area contributed by atoms with E-state index in [0.29, 0.717) is 11.5 Å². The van der Waals surface area contributed by atoms with Crippen LogP contribution >= 0.6 is 0 Å². The van der Waals surface area contributed by atoms with Crippen LogP contribution in [0.1, 0.15) is 45.7 Å². The van der Waals surface area contributed by atoms with Crippen molar-refractivity contribution in [2.45, 2.75) is 84.0 Å². The zero-order valence-corrected chi connectivity index (χ0v) is 34.8. The SMILES string of the molecule is C[SiH2]OC(O[SiH2]C)C(C)(C)c1ccc(-c2cnc(NC(=O)Cc3ccc(O[Si](C)(C)C(C)(C)C)cc3)c(-c3cccc4ccccc34)n2)cc1. The van der Waals surface area contributed by atoms with Crippen molar-refractivity contribution >= 4 is 50.3 Å². The minimum atomic E-state index is -1.96. The highest BCUT2D eigenvalue weighted by Crippen LogP contribution is 2.38. The number of nitrogens with one attached hydrogen (secondary N) is 1. The van der Waals surface area contributed by atoms with Gasteiger partial charge in [-0.05, 0) is 52.2 Å². The summed E-state index contributed by atoms with van der Waals surface area (Å²) in [5.74, 6) is 1.10. The third-order valence-electron chi connectivity index (χ3n) is 9.69. The summed E-state index contributed by atoms with van der Waals surface area (Å²) in [6.07, 6.45) is 1.69. The molecular weight excluding hydrogens is 671 g/mol. The highest BCUT2D eigenvalue weighted by atomic mass is 28.4. The van der Waals surface area contributed by atoms with Crippen LogP contribution in [0, 0.1) is 0 Å². The number of nitrogens with zero attached hydrogens (tertiary/aromatic N) is 2. The minimum Gasteiger partial charge on any atom is -0.544 e. The third kappa shape index (κ3) is 8.50. The van der Waals surface area contributed by atoms with Gasteiger partial charge in [0.05, 0.1) is 18.3 Å². The van der Waals surface area contributed by atoms with Crippen molar-refractivity contribution in [1.82, 2.24) is 9.97 Å². The lowest BCUT2D eigenvalue weighted by Gasteiger charge is -2.36. The molecule has 262 valence electrons. The second-order valence-corrected chi connectivity index (χ2v) is 21.3. The van der Waals surface area contributed by atoms with Crippen LogP contribution in [-0.2, 0) is 25.5 Å². The molecule has 7 nitrogen and oxygen atoms in total. The van der Waals surface area contributed by atoms with E-state index in [1.54, 1.807) is 6.20 Å². The fourth-order valence-electron chi connectivity index (χ4n) is 5.70. The average Bonchev–Trinajstić information content (AvgIpc) is 3.08. The summed E-state index contributed by atoms with van der Waals surface area (Å²) < 4.78 is 18.7. The molecule has 5 aromatic rings. The summed E-state index contributed by atoms with van der Waals surface area (Å²) in [6.45, 7) is 19.7. The predicted molar refractivity (Wildman–Crippen MR) is 215 cm³/mol. The molecule has 0 atom stereocenters. The number of hydrogen-bond donors (Lipinski definition) is 1. The molecule has 10 heteroatoms. The smallest absolute Gasteiger partial charge is 0.250 e. The first-order valence-corrected chi connectivity index (χ1v) is 24.4. The van der Waals surface area contributed by atoms with E-state index < -0.39 is 27.8 Å². The Morgan fingerprint density at radius 1 is 0.840 bits per heavy atom. The minimum absolute atomic E-state index is 0.101. The van der Waals surface area contributed by atoms with Gasteiger partial charge in [0.1, 0.15) is 17.7 Å². The number of carbonyl (C=O) groups excluding carboxylic acids is 1. The van der Waals surface area contributed by atoms with E-state index >= 15 is 0 Å². The van der Waals surface area contributed by atoms with Gasteiger partial charge in [0.2, 0.25) is 14.2 Å². The second kappa shape index (κ2) is 15.5. The molecule has 0 fully saturated rings. The van der Waals surface area contributed by atoms with Crippen molar-refractivity contribution < 1.29 is 18.1 Å².